The molecule has 13 rings (SSSR count). The molecule has 1 aliphatic heterocycles. The topological polar surface area (TPSA) is 68.0 Å². The third-order valence-corrected chi connectivity index (χ3v) is 12.5. The molecule has 278 valence electrons. The Labute approximate surface area is 338 Å². The monoisotopic (exact) mass is 758 g/mol. The van der Waals surface area contributed by atoms with E-state index in [4.69, 9.17) is 18.8 Å². The second-order valence-corrected chi connectivity index (χ2v) is 15.7. The van der Waals surface area contributed by atoms with Gasteiger partial charge >= 0.3 is 0 Å². The van der Waals surface area contributed by atoms with E-state index in [0.717, 1.165) is 72.9 Å². The fourth-order valence-corrected chi connectivity index (χ4v) is 9.77. The Bertz CT molecular complexity index is 3550. The van der Waals surface area contributed by atoms with Crippen molar-refractivity contribution in [3.05, 3.63) is 198 Å². The smallest absolute Gasteiger partial charge is 0.162 e. The van der Waals surface area contributed by atoms with Crippen LogP contribution in [0.25, 0.3) is 82.5 Å². The summed E-state index contributed by atoms with van der Waals surface area (Å²) >= 11 is 0. The van der Waals surface area contributed by atoms with Crippen LogP contribution in [0.15, 0.2) is 195 Å². The van der Waals surface area contributed by atoms with Crippen LogP contribution in [0, 0.1) is 0 Å². The molecule has 8 aromatic carbocycles. The van der Waals surface area contributed by atoms with Crippen molar-refractivity contribution in [2.24, 2.45) is 9.98 Å². The highest BCUT2D eigenvalue weighted by Crippen LogP contribution is 2.43. The number of nitrogens with one attached hydrogen (secondary N) is 1. The van der Waals surface area contributed by atoms with Crippen molar-refractivity contribution >= 4 is 77.4 Å². The van der Waals surface area contributed by atoms with E-state index in [1.54, 1.807) is 0 Å². The first kappa shape index (κ1) is 32.4. The van der Waals surface area contributed by atoms with Gasteiger partial charge in [0.05, 0.1) is 16.6 Å². The van der Waals surface area contributed by atoms with Gasteiger partial charge in [0, 0.05) is 55.6 Å². The summed E-state index contributed by atoms with van der Waals surface area (Å²) in [4.78, 5) is 10.8. The fourth-order valence-electron chi connectivity index (χ4n) is 9.77. The van der Waals surface area contributed by atoms with Gasteiger partial charge in [-0.3, -0.25) is 0 Å². The van der Waals surface area contributed by atoms with Gasteiger partial charge in [-0.05, 0) is 77.2 Å². The predicted octanol–water partition coefficient (Wildman–Crippen LogP) is 12.7. The van der Waals surface area contributed by atoms with Gasteiger partial charge in [-0.2, -0.15) is 0 Å². The van der Waals surface area contributed by atoms with E-state index < -0.39 is 0 Å². The maximum absolute atomic E-state index is 6.74. The number of hydrogen-bond donors (Lipinski definition) is 1. The molecule has 0 spiro atoms. The van der Waals surface area contributed by atoms with Crippen LogP contribution in [0.3, 0.4) is 0 Å². The Morgan fingerprint density at radius 1 is 0.508 bits per heavy atom. The third-order valence-electron chi connectivity index (χ3n) is 12.5. The molecule has 0 saturated heterocycles. The molecule has 59 heavy (non-hydrogen) atoms. The SMILES string of the molecule is c1ccc2c(c1)CC(C1N=C(c3cccc4c3oc3ccccc34)N=C(c3ccc4c(c3)oc3cc(-n5c6ccccc6c6ccccc65)ccc34)N1)c1ccccc1-2. The van der Waals surface area contributed by atoms with Crippen molar-refractivity contribution in [2.75, 3.05) is 0 Å². The summed E-state index contributed by atoms with van der Waals surface area (Å²) < 4.78 is 15.6. The number of hydrogen-bond acceptors (Lipinski definition) is 5. The Balaban J connectivity index is 0.956. The van der Waals surface area contributed by atoms with Crippen molar-refractivity contribution in [2.45, 2.75) is 18.5 Å². The largest absolute Gasteiger partial charge is 0.456 e. The average Bonchev–Trinajstić information content (AvgIpc) is 3.97. The number of nitrogens with zero attached hydrogens (tertiary/aromatic N) is 3. The highest BCUT2D eigenvalue weighted by atomic mass is 16.3. The lowest BCUT2D eigenvalue weighted by atomic mass is 9.77. The molecule has 0 amide bonds. The standard InChI is InChI=1S/C53H34N4O2/c1-2-13-34-31(12-1)28-44(36-15-4-3-14-35(34)36)53-55-51(54-52(56-53)43-20-11-19-42-39-18-7-10-23-47(39)59-50(42)43)32-24-26-40-41-27-25-33(30-49(41)58-48(40)29-32)57-45-21-8-5-16-37(45)38-17-6-9-22-46(38)57/h1-27,29-30,44,53H,28H2,(H,54,55,56). The molecule has 0 saturated carbocycles. The summed E-state index contributed by atoms with van der Waals surface area (Å²) in [5, 5.41) is 10.6. The third kappa shape index (κ3) is 4.87. The molecular formula is C53H34N4O2. The summed E-state index contributed by atoms with van der Waals surface area (Å²) in [5.74, 6) is 1.45. The van der Waals surface area contributed by atoms with Crippen LogP contribution in [0.1, 0.15) is 28.2 Å². The first-order chi connectivity index (χ1) is 29.2. The zero-order valence-electron chi connectivity index (χ0n) is 31.8. The minimum atomic E-state index is -0.299. The number of furan rings is 2. The molecule has 3 aromatic heterocycles. The van der Waals surface area contributed by atoms with Gasteiger partial charge in [0.25, 0.3) is 0 Å². The summed E-state index contributed by atoms with van der Waals surface area (Å²) in [6, 6.07) is 62.1. The van der Waals surface area contributed by atoms with E-state index in [2.05, 4.69) is 174 Å². The summed E-state index contributed by atoms with van der Waals surface area (Å²) in [6.45, 7) is 0. The van der Waals surface area contributed by atoms with Crippen LogP contribution < -0.4 is 5.32 Å². The van der Waals surface area contributed by atoms with Crippen LogP contribution in [0.4, 0.5) is 0 Å². The van der Waals surface area contributed by atoms with E-state index >= 15 is 0 Å². The number of benzene rings is 8. The number of amidine groups is 2. The van der Waals surface area contributed by atoms with Gasteiger partial charge in [-0.15, -0.1) is 0 Å². The van der Waals surface area contributed by atoms with Crippen molar-refractivity contribution in [3.8, 4) is 16.8 Å². The maximum atomic E-state index is 6.74. The predicted molar refractivity (Wildman–Crippen MR) is 240 cm³/mol. The van der Waals surface area contributed by atoms with Gasteiger partial charge in [0.2, 0.25) is 0 Å². The van der Waals surface area contributed by atoms with Crippen LogP contribution >= 0.6 is 0 Å². The summed E-state index contributed by atoms with van der Waals surface area (Å²) in [5.41, 5.74) is 13.6. The second-order valence-electron chi connectivity index (χ2n) is 15.7. The maximum Gasteiger partial charge on any atom is 0.162 e. The molecule has 0 bridgehead atoms. The van der Waals surface area contributed by atoms with Gasteiger partial charge in [-0.1, -0.05) is 121 Å². The minimum absolute atomic E-state index is 0.0608. The lowest BCUT2D eigenvalue weighted by Crippen LogP contribution is -2.43. The molecule has 0 fully saturated rings. The van der Waals surface area contributed by atoms with E-state index in [0.29, 0.717) is 5.84 Å². The molecule has 2 atom stereocenters. The number of para-hydroxylation sites is 4. The van der Waals surface area contributed by atoms with Crippen LogP contribution in [-0.4, -0.2) is 22.4 Å². The molecule has 2 unspecified atom stereocenters. The summed E-state index contributed by atoms with van der Waals surface area (Å²) in [6.07, 6.45) is 0.549. The van der Waals surface area contributed by atoms with Crippen molar-refractivity contribution in [3.63, 3.8) is 0 Å². The molecule has 1 aliphatic carbocycles. The quantitative estimate of drug-likeness (QED) is 0.194. The second kappa shape index (κ2) is 12.4. The summed E-state index contributed by atoms with van der Waals surface area (Å²) in [7, 11) is 0. The Morgan fingerprint density at radius 3 is 2.00 bits per heavy atom. The molecular weight excluding hydrogens is 725 g/mol. The van der Waals surface area contributed by atoms with Crippen LogP contribution in [0.5, 0.6) is 0 Å². The van der Waals surface area contributed by atoms with Crippen molar-refractivity contribution in [1.82, 2.24) is 9.88 Å². The molecule has 6 heteroatoms. The molecule has 6 nitrogen and oxygen atoms in total. The number of rotatable bonds is 4. The Kier molecular flexibility index (Phi) is 6.81. The van der Waals surface area contributed by atoms with Gasteiger partial charge in [0.1, 0.15) is 34.3 Å². The van der Waals surface area contributed by atoms with Crippen molar-refractivity contribution < 1.29 is 8.83 Å². The fraction of sp³-hybridized carbons (Fsp3) is 0.0566. The number of aliphatic imine (C=N–C) groups is 2. The zero-order chi connectivity index (χ0) is 38.6. The first-order valence-electron chi connectivity index (χ1n) is 20.2. The Hall–Kier alpha value is -7.70. The van der Waals surface area contributed by atoms with E-state index in [1.165, 1.54) is 44.1 Å². The van der Waals surface area contributed by atoms with Gasteiger partial charge < -0.3 is 18.7 Å². The lowest BCUT2D eigenvalue weighted by Gasteiger charge is -2.34. The highest BCUT2D eigenvalue weighted by molar-refractivity contribution is 6.20. The average molecular weight is 759 g/mol. The highest BCUT2D eigenvalue weighted by Gasteiger charge is 2.34. The lowest BCUT2D eigenvalue weighted by molar-refractivity contribution is 0.497. The van der Waals surface area contributed by atoms with Gasteiger partial charge in [0.15, 0.2) is 5.84 Å². The first-order valence-corrected chi connectivity index (χ1v) is 20.2. The molecule has 11 aromatic rings. The van der Waals surface area contributed by atoms with E-state index in [-0.39, 0.29) is 12.1 Å². The van der Waals surface area contributed by atoms with Crippen molar-refractivity contribution in [1.29, 1.82) is 0 Å². The molecule has 4 heterocycles. The Morgan fingerprint density at radius 2 is 1.15 bits per heavy atom. The van der Waals surface area contributed by atoms with Crippen LogP contribution in [0.2, 0.25) is 0 Å². The number of fused-ring (bicyclic) bond motifs is 12. The minimum Gasteiger partial charge on any atom is -0.456 e. The number of aromatic nitrogens is 1. The molecule has 0 radical (unpaired) electrons. The zero-order valence-corrected chi connectivity index (χ0v) is 31.8. The normalized spacial score (nSPS) is 16.4. The van der Waals surface area contributed by atoms with Gasteiger partial charge in [-0.25, -0.2) is 9.98 Å². The molecule has 2 aliphatic rings. The molecule has 1 N–H and O–H groups in total. The van der Waals surface area contributed by atoms with E-state index in [1.807, 2.05) is 12.1 Å². The van der Waals surface area contributed by atoms with E-state index in [9.17, 15) is 0 Å². The van der Waals surface area contributed by atoms with Crippen LogP contribution in [-0.2, 0) is 6.42 Å².